The number of hydrogen-bond donors (Lipinski definition) is 1. The Kier molecular flexibility index (Phi) is 6.99. The fourth-order valence-electron chi connectivity index (χ4n) is 5.08. The van der Waals surface area contributed by atoms with Crippen molar-refractivity contribution in [2.75, 3.05) is 6.61 Å². The number of aromatic nitrogens is 1. The molecule has 0 spiro atoms. The van der Waals surface area contributed by atoms with Gasteiger partial charge in [0.2, 0.25) is 15.6 Å². The van der Waals surface area contributed by atoms with Crippen molar-refractivity contribution in [1.82, 2.24) is 9.71 Å². The number of nitrogens with one attached hydrogen (secondary N) is 1. The van der Waals surface area contributed by atoms with Gasteiger partial charge in [-0.1, -0.05) is 48.0 Å². The number of benzene rings is 2. The summed E-state index contributed by atoms with van der Waals surface area (Å²) in [6.45, 7) is 2.22. The minimum absolute atomic E-state index is 0.111. The number of sulfonamides is 1. The van der Waals surface area contributed by atoms with Crippen molar-refractivity contribution in [3.05, 3.63) is 87.9 Å². The lowest BCUT2D eigenvalue weighted by atomic mass is 9.93. The third-order valence-corrected chi connectivity index (χ3v) is 10.8. The molecule has 41 heavy (non-hydrogen) atoms. The van der Waals surface area contributed by atoms with E-state index in [4.69, 9.17) is 21.1 Å². The van der Waals surface area contributed by atoms with Crippen LogP contribution >= 0.6 is 22.9 Å². The Morgan fingerprint density at radius 3 is 2.51 bits per heavy atom. The summed E-state index contributed by atoms with van der Waals surface area (Å²) in [6.07, 6.45) is -2.19. The third kappa shape index (κ3) is 5.28. The minimum Gasteiger partial charge on any atom is -0.347 e. The van der Waals surface area contributed by atoms with Crippen molar-refractivity contribution in [2.45, 2.75) is 55.5 Å². The van der Waals surface area contributed by atoms with E-state index >= 15 is 0 Å². The van der Waals surface area contributed by atoms with E-state index < -0.39 is 45.5 Å². The average Bonchev–Trinajstić information content (AvgIpc) is 3.60. The molecule has 2 fully saturated rings. The quantitative estimate of drug-likeness (QED) is 0.234. The van der Waals surface area contributed by atoms with E-state index in [1.54, 1.807) is 36.4 Å². The van der Waals surface area contributed by atoms with Crippen LogP contribution in [0.5, 0.6) is 0 Å². The van der Waals surface area contributed by atoms with Gasteiger partial charge in [0, 0.05) is 26.4 Å². The first kappa shape index (κ1) is 28.6. The molecule has 1 aliphatic carbocycles. The molecule has 2 unspecified atom stereocenters. The van der Waals surface area contributed by atoms with Gasteiger partial charge in [-0.15, -0.1) is 11.3 Å². The molecule has 3 heterocycles. The average molecular weight is 623 g/mol. The van der Waals surface area contributed by atoms with Crippen molar-refractivity contribution in [2.24, 2.45) is 0 Å². The number of thiophene rings is 1. The van der Waals surface area contributed by atoms with Crippen LogP contribution in [-0.2, 0) is 25.1 Å². The van der Waals surface area contributed by atoms with Crippen molar-refractivity contribution in [3.63, 3.8) is 0 Å². The first-order chi connectivity index (χ1) is 19.3. The van der Waals surface area contributed by atoms with Crippen molar-refractivity contribution in [3.8, 4) is 11.3 Å². The maximum absolute atomic E-state index is 14.4. The summed E-state index contributed by atoms with van der Waals surface area (Å²) in [5.74, 6) is -1.41. The molecular formula is C29H26ClF3N2O4S2. The molecule has 1 N–H and O–H groups in total. The van der Waals surface area contributed by atoms with Gasteiger partial charge in [0.1, 0.15) is 0 Å². The minimum atomic E-state index is -4.73. The van der Waals surface area contributed by atoms with Gasteiger partial charge in [0.05, 0.1) is 23.6 Å². The van der Waals surface area contributed by atoms with Gasteiger partial charge in [0.15, 0.2) is 5.79 Å². The van der Waals surface area contributed by atoms with E-state index in [-0.39, 0.29) is 5.56 Å². The van der Waals surface area contributed by atoms with Gasteiger partial charge >= 0.3 is 6.18 Å². The zero-order valence-electron chi connectivity index (χ0n) is 22.0. The van der Waals surface area contributed by atoms with Gasteiger partial charge in [0.25, 0.3) is 0 Å². The summed E-state index contributed by atoms with van der Waals surface area (Å²) in [4.78, 5) is 5.10. The molecule has 6 rings (SSSR count). The van der Waals surface area contributed by atoms with Crippen molar-refractivity contribution in [1.29, 1.82) is 0 Å². The third-order valence-electron chi connectivity index (χ3n) is 7.31. The number of ether oxygens (including phenoxy) is 2. The van der Waals surface area contributed by atoms with E-state index in [2.05, 4.69) is 9.71 Å². The number of halogens is 4. The zero-order valence-corrected chi connectivity index (χ0v) is 24.4. The van der Waals surface area contributed by atoms with Crippen molar-refractivity contribution >= 4 is 43.0 Å². The van der Waals surface area contributed by atoms with E-state index in [0.717, 1.165) is 10.1 Å². The summed E-state index contributed by atoms with van der Waals surface area (Å²) < 4.78 is 83.7. The number of hydrogen-bond acceptors (Lipinski definition) is 6. The highest BCUT2D eigenvalue weighted by molar-refractivity contribution is 7.90. The van der Waals surface area contributed by atoms with Crippen LogP contribution in [0.15, 0.2) is 66.9 Å². The molecule has 1 saturated carbocycles. The molecule has 2 atom stereocenters. The van der Waals surface area contributed by atoms with Gasteiger partial charge in [-0.25, -0.2) is 13.1 Å². The summed E-state index contributed by atoms with van der Waals surface area (Å²) in [5.41, 5.74) is -1.20. The second kappa shape index (κ2) is 10.0. The number of fused-ring (bicyclic) bond motifs is 1. The predicted molar refractivity (Wildman–Crippen MR) is 152 cm³/mol. The van der Waals surface area contributed by atoms with Crippen LogP contribution in [-0.4, -0.2) is 37.2 Å². The monoisotopic (exact) mass is 622 g/mol. The van der Waals surface area contributed by atoms with Gasteiger partial charge in [-0.3, -0.25) is 4.98 Å². The van der Waals surface area contributed by atoms with Crippen LogP contribution in [0.1, 0.15) is 48.7 Å². The first-order valence-corrected chi connectivity index (χ1v) is 15.7. The molecule has 12 heteroatoms. The first-order valence-electron chi connectivity index (χ1n) is 13.0. The summed E-state index contributed by atoms with van der Waals surface area (Å²) in [6, 6.07) is 16.3. The van der Waals surface area contributed by atoms with Crippen LogP contribution < -0.4 is 4.72 Å². The zero-order chi connectivity index (χ0) is 29.2. The molecule has 2 aliphatic rings. The Hall–Kier alpha value is -2.54. The van der Waals surface area contributed by atoms with E-state index in [0.29, 0.717) is 39.6 Å². The SMILES string of the molecule is CC1(C)OCC(c2ccnc(-c3cccc4cc(C(NS(=O)(=O)C5CC5)c5ccccc5Cl)sc34)c2)(C(F)(F)F)O1. The standard InChI is InChI=1S/C29H26ClF3N2O4S2/c1-27(2)38-16-28(39-27,29(31,32)33)18-12-13-34-23(15-18)21-8-5-6-17-14-24(40-26(17)21)25(20-7-3-4-9-22(20)30)35-41(36,37)19-10-11-19/h3-9,12-15,19,25,35H,10-11,16H2,1-2H3. The van der Waals surface area contributed by atoms with Gasteiger partial charge in [-0.2, -0.15) is 13.2 Å². The second-order valence-electron chi connectivity index (χ2n) is 10.7. The molecule has 216 valence electrons. The fourth-order valence-corrected chi connectivity index (χ4v) is 8.18. The Balaban J connectivity index is 1.45. The Bertz CT molecular complexity index is 1740. The summed E-state index contributed by atoms with van der Waals surface area (Å²) >= 11 is 7.86. The Morgan fingerprint density at radius 2 is 1.85 bits per heavy atom. The topological polar surface area (TPSA) is 77.5 Å². The highest BCUT2D eigenvalue weighted by atomic mass is 35.5. The van der Waals surface area contributed by atoms with Crippen LogP contribution in [0.2, 0.25) is 5.02 Å². The van der Waals surface area contributed by atoms with Crippen LogP contribution in [0.25, 0.3) is 21.3 Å². The highest BCUT2D eigenvalue weighted by Crippen LogP contribution is 2.50. The van der Waals surface area contributed by atoms with Gasteiger partial charge < -0.3 is 9.47 Å². The molecule has 0 radical (unpaired) electrons. The van der Waals surface area contributed by atoms with Crippen LogP contribution in [0.3, 0.4) is 0 Å². The Labute approximate surface area is 244 Å². The molecule has 0 amide bonds. The highest BCUT2D eigenvalue weighted by Gasteiger charge is 2.64. The molecule has 2 aromatic heterocycles. The maximum Gasteiger partial charge on any atom is 0.424 e. The summed E-state index contributed by atoms with van der Waals surface area (Å²) in [5, 5.41) is 0.781. The summed E-state index contributed by atoms with van der Waals surface area (Å²) in [7, 11) is -3.59. The molecule has 0 bridgehead atoms. The van der Waals surface area contributed by atoms with E-state index in [1.807, 2.05) is 12.1 Å². The molecule has 6 nitrogen and oxygen atoms in total. The van der Waals surface area contributed by atoms with Crippen LogP contribution in [0.4, 0.5) is 13.2 Å². The molecule has 2 aromatic carbocycles. The van der Waals surface area contributed by atoms with E-state index in [1.165, 1.54) is 43.5 Å². The normalized spacial score (nSPS) is 21.8. The smallest absolute Gasteiger partial charge is 0.347 e. The molecule has 1 saturated heterocycles. The lowest BCUT2D eigenvalue weighted by Crippen LogP contribution is -2.45. The number of nitrogens with zero attached hydrogens (tertiary/aromatic N) is 1. The number of alkyl halides is 3. The molecular weight excluding hydrogens is 597 g/mol. The second-order valence-corrected chi connectivity index (χ2v) is 14.2. The lowest BCUT2D eigenvalue weighted by molar-refractivity contribution is -0.289. The Morgan fingerprint density at radius 1 is 1.10 bits per heavy atom. The predicted octanol–water partition coefficient (Wildman–Crippen LogP) is 7.33. The number of pyridine rings is 1. The fraction of sp³-hybridized carbons (Fsp3) is 0.345. The van der Waals surface area contributed by atoms with Crippen LogP contribution in [0, 0.1) is 0 Å². The molecule has 1 aliphatic heterocycles. The van der Waals surface area contributed by atoms with E-state index in [9.17, 15) is 21.6 Å². The number of rotatable bonds is 7. The maximum atomic E-state index is 14.4. The molecule has 4 aromatic rings. The van der Waals surface area contributed by atoms with Crippen molar-refractivity contribution < 1.29 is 31.1 Å². The largest absolute Gasteiger partial charge is 0.424 e. The van der Waals surface area contributed by atoms with Gasteiger partial charge in [-0.05, 0) is 67.5 Å². The lowest BCUT2D eigenvalue weighted by Gasteiger charge is -2.31.